The minimum Gasteiger partial charge on any atom is -0.143 e. The zero-order valence-electron chi connectivity index (χ0n) is 17.5. The minimum absolute atomic E-state index is 0.174. The lowest BCUT2D eigenvalue weighted by Crippen LogP contribution is -2.27. The van der Waals surface area contributed by atoms with Gasteiger partial charge >= 0.3 is 0 Å². The highest BCUT2D eigenvalue weighted by molar-refractivity contribution is 7.14. The average Bonchev–Trinajstić information content (AvgIpc) is 3.32. The number of hydrogen-bond donors (Lipinski definition) is 0. The zero-order valence-corrected chi connectivity index (χ0v) is 18.3. The molecule has 6 rings (SSSR count). The maximum absolute atomic E-state index is 2.41. The molecule has 1 aromatic heterocycles. The molecule has 3 aliphatic rings. The molecule has 29 heavy (non-hydrogen) atoms. The van der Waals surface area contributed by atoms with Crippen molar-refractivity contribution in [2.24, 2.45) is 5.92 Å². The Morgan fingerprint density at radius 2 is 1.45 bits per heavy atom. The number of benzene rings is 2. The van der Waals surface area contributed by atoms with Crippen LogP contribution in [0.2, 0.25) is 0 Å². The first kappa shape index (κ1) is 18.4. The van der Waals surface area contributed by atoms with Crippen molar-refractivity contribution >= 4 is 16.9 Å². The molecule has 2 unspecified atom stereocenters. The lowest BCUT2D eigenvalue weighted by molar-refractivity contribution is 0.779. The van der Waals surface area contributed by atoms with Crippen molar-refractivity contribution in [2.75, 3.05) is 0 Å². The number of thiophene rings is 1. The second kappa shape index (κ2) is 6.71. The van der Waals surface area contributed by atoms with Gasteiger partial charge in [0.15, 0.2) is 0 Å². The van der Waals surface area contributed by atoms with Gasteiger partial charge in [0, 0.05) is 4.88 Å². The summed E-state index contributed by atoms with van der Waals surface area (Å²) in [5.41, 5.74) is 11.2. The Bertz CT molecular complexity index is 1200. The van der Waals surface area contributed by atoms with E-state index in [-0.39, 0.29) is 5.41 Å². The fourth-order valence-corrected chi connectivity index (χ4v) is 6.45. The third kappa shape index (κ3) is 2.25. The quantitative estimate of drug-likeness (QED) is 0.363. The minimum atomic E-state index is -0.174. The molecule has 0 bridgehead atoms. The molecule has 0 saturated heterocycles. The lowest BCUT2D eigenvalue weighted by atomic mass is 9.69. The first-order valence-corrected chi connectivity index (χ1v) is 11.5. The second-order valence-corrected chi connectivity index (χ2v) is 8.75. The van der Waals surface area contributed by atoms with Crippen molar-refractivity contribution in [3.05, 3.63) is 112 Å². The van der Waals surface area contributed by atoms with Crippen LogP contribution < -0.4 is 0 Å². The van der Waals surface area contributed by atoms with Crippen LogP contribution in [0.5, 0.6) is 0 Å². The summed E-state index contributed by atoms with van der Waals surface area (Å²) in [5, 5.41) is 2.34. The fourth-order valence-electron chi connectivity index (χ4n) is 5.30. The molecule has 0 nitrogen and oxygen atoms in total. The van der Waals surface area contributed by atoms with Crippen LogP contribution in [0.25, 0.3) is 16.0 Å². The van der Waals surface area contributed by atoms with E-state index >= 15 is 0 Å². The molecule has 1 spiro atoms. The largest absolute Gasteiger partial charge is 0.143 e. The van der Waals surface area contributed by atoms with Gasteiger partial charge in [0.1, 0.15) is 0 Å². The Labute approximate surface area is 177 Å². The van der Waals surface area contributed by atoms with E-state index in [1.807, 2.05) is 25.2 Å². The summed E-state index contributed by atoms with van der Waals surface area (Å²) in [6.45, 7) is 8.54. The summed E-state index contributed by atoms with van der Waals surface area (Å²) < 4.78 is 0. The van der Waals surface area contributed by atoms with Gasteiger partial charge in [-0.15, -0.1) is 11.3 Å². The maximum Gasteiger partial charge on any atom is 0.0736 e. The van der Waals surface area contributed by atoms with Crippen molar-refractivity contribution in [1.82, 2.24) is 0 Å². The highest BCUT2D eigenvalue weighted by Crippen LogP contribution is 2.64. The van der Waals surface area contributed by atoms with Gasteiger partial charge in [-0.05, 0) is 62.7 Å². The van der Waals surface area contributed by atoms with Crippen molar-refractivity contribution < 1.29 is 0 Å². The molecule has 0 radical (unpaired) electrons. The van der Waals surface area contributed by atoms with Crippen molar-refractivity contribution in [3.8, 4) is 10.4 Å². The van der Waals surface area contributed by atoms with E-state index in [0.29, 0.717) is 5.92 Å². The molecular formula is C28H26S. The van der Waals surface area contributed by atoms with Crippen LogP contribution in [0.4, 0.5) is 0 Å². The van der Waals surface area contributed by atoms with Crippen LogP contribution in [0.1, 0.15) is 48.6 Å². The average molecular weight is 395 g/mol. The second-order valence-electron chi connectivity index (χ2n) is 7.87. The first-order valence-electron chi connectivity index (χ1n) is 10.6. The predicted molar refractivity (Wildman–Crippen MR) is 127 cm³/mol. The van der Waals surface area contributed by atoms with Gasteiger partial charge in [0.25, 0.3) is 0 Å². The molecule has 2 atom stereocenters. The van der Waals surface area contributed by atoms with E-state index in [0.717, 1.165) is 0 Å². The van der Waals surface area contributed by atoms with E-state index in [1.165, 1.54) is 49.4 Å². The Morgan fingerprint density at radius 1 is 0.828 bits per heavy atom. The summed E-state index contributed by atoms with van der Waals surface area (Å²) in [6.07, 6.45) is 9.45. The van der Waals surface area contributed by atoms with Crippen molar-refractivity contribution in [1.29, 1.82) is 0 Å². The summed E-state index contributed by atoms with van der Waals surface area (Å²) >= 11 is 1.90. The van der Waals surface area contributed by atoms with Crippen molar-refractivity contribution in [3.63, 3.8) is 0 Å². The number of rotatable bonds is 0. The number of aryl methyl sites for hydroxylation is 1. The van der Waals surface area contributed by atoms with Crippen LogP contribution in [0, 0.1) is 12.8 Å². The van der Waals surface area contributed by atoms with Crippen molar-refractivity contribution in [2.45, 2.75) is 33.1 Å². The molecule has 0 saturated carbocycles. The highest BCUT2D eigenvalue weighted by Gasteiger charge is 2.53. The van der Waals surface area contributed by atoms with Gasteiger partial charge < -0.3 is 0 Å². The normalized spacial score (nSPS) is 22.6. The maximum atomic E-state index is 2.41. The van der Waals surface area contributed by atoms with E-state index < -0.39 is 0 Å². The summed E-state index contributed by atoms with van der Waals surface area (Å²) in [7, 11) is 0. The molecule has 0 amide bonds. The number of allylic oxidation sites excluding steroid dienone is 6. The molecular weight excluding hydrogens is 368 g/mol. The Morgan fingerprint density at radius 3 is 2.21 bits per heavy atom. The molecule has 0 fully saturated rings. The summed E-state index contributed by atoms with van der Waals surface area (Å²) in [4.78, 5) is 1.45. The van der Waals surface area contributed by atoms with E-state index in [4.69, 9.17) is 0 Å². The third-order valence-electron chi connectivity index (χ3n) is 6.37. The fraction of sp³-hybridized carbons (Fsp3) is 0.214. The highest BCUT2D eigenvalue weighted by atomic mass is 32.1. The van der Waals surface area contributed by atoms with Crippen LogP contribution in [-0.4, -0.2) is 0 Å². The Hall–Kier alpha value is -2.64. The standard InChI is InChI=1S/C26H20S.C2H6/c1-16-11-13-19-18-7-3-5-9-21(18)26(23(19)14-12-16)22-10-6-4-8-20(22)25-24(26)17(2)15-27-25;1-2/h3-16H,1-2H3;1-2H3. The molecule has 1 heteroatoms. The molecule has 3 aliphatic carbocycles. The predicted octanol–water partition coefficient (Wildman–Crippen LogP) is 7.93. The molecule has 0 aliphatic heterocycles. The molecule has 3 aromatic rings. The van der Waals surface area contributed by atoms with Gasteiger partial charge in [-0.25, -0.2) is 0 Å². The summed E-state index contributed by atoms with van der Waals surface area (Å²) in [6, 6.07) is 18.1. The molecule has 144 valence electrons. The van der Waals surface area contributed by atoms with E-state index in [2.05, 4.69) is 92.1 Å². The Balaban J connectivity index is 0.000000882. The first-order chi connectivity index (χ1) is 14.2. The third-order valence-corrected chi connectivity index (χ3v) is 7.51. The van der Waals surface area contributed by atoms with E-state index in [9.17, 15) is 0 Å². The topological polar surface area (TPSA) is 0 Å². The molecule has 0 N–H and O–H groups in total. The number of fused-ring (bicyclic) bond motifs is 9. The van der Waals surface area contributed by atoms with Gasteiger partial charge in [-0.2, -0.15) is 0 Å². The monoisotopic (exact) mass is 394 g/mol. The molecule has 2 aromatic carbocycles. The van der Waals surface area contributed by atoms with Crippen LogP contribution in [0.15, 0.2) is 83.8 Å². The Kier molecular flexibility index (Phi) is 4.26. The SMILES string of the molecule is CC.Cc1csc2c1C1(C3=C(C=CC(C)C=C3)c3ccccc31)c1ccccc1-2. The van der Waals surface area contributed by atoms with Gasteiger partial charge in [0.2, 0.25) is 0 Å². The smallest absolute Gasteiger partial charge is 0.0736 e. The molecule has 1 heterocycles. The van der Waals surface area contributed by atoms with Crippen LogP contribution in [-0.2, 0) is 5.41 Å². The van der Waals surface area contributed by atoms with Crippen LogP contribution in [0.3, 0.4) is 0 Å². The van der Waals surface area contributed by atoms with Gasteiger partial charge in [0.05, 0.1) is 5.41 Å². The van der Waals surface area contributed by atoms with Gasteiger partial charge in [-0.3, -0.25) is 0 Å². The zero-order chi connectivity index (χ0) is 20.2. The number of hydrogen-bond acceptors (Lipinski definition) is 1. The summed E-state index contributed by atoms with van der Waals surface area (Å²) in [5.74, 6) is 0.458. The van der Waals surface area contributed by atoms with Crippen LogP contribution >= 0.6 is 11.3 Å². The lowest BCUT2D eigenvalue weighted by Gasteiger charge is -2.31. The van der Waals surface area contributed by atoms with E-state index in [1.54, 1.807) is 0 Å². The van der Waals surface area contributed by atoms with Gasteiger partial charge in [-0.1, -0.05) is 93.6 Å².